The summed E-state index contributed by atoms with van der Waals surface area (Å²) in [5, 5.41) is 11.4. The van der Waals surface area contributed by atoms with Crippen molar-refractivity contribution in [3.8, 4) is 0 Å². The van der Waals surface area contributed by atoms with E-state index in [9.17, 15) is 0 Å². The molecule has 1 aliphatic heterocycles. The maximum atomic E-state index is 5.13. The van der Waals surface area contributed by atoms with E-state index in [0.29, 0.717) is 6.61 Å². The molecule has 8 nitrogen and oxygen atoms in total. The number of nitrogens with zero attached hydrogens (tertiary/aromatic N) is 5. The molecule has 0 bridgehead atoms. The molecule has 0 amide bonds. The van der Waals surface area contributed by atoms with Gasteiger partial charge in [-0.15, -0.1) is 0 Å². The summed E-state index contributed by atoms with van der Waals surface area (Å²) in [6.45, 7) is 1.96. The highest BCUT2D eigenvalue weighted by Gasteiger charge is 2.22. The molecule has 2 aromatic rings. The molecule has 0 saturated heterocycles. The van der Waals surface area contributed by atoms with Crippen molar-refractivity contribution in [2.24, 2.45) is 4.99 Å². The summed E-state index contributed by atoms with van der Waals surface area (Å²) in [7, 11) is 7.55. The van der Waals surface area contributed by atoms with Crippen molar-refractivity contribution < 1.29 is 4.74 Å². The number of aromatic nitrogens is 3. The minimum absolute atomic E-state index is 0.272. The van der Waals surface area contributed by atoms with Gasteiger partial charge in [-0.25, -0.2) is 9.67 Å². The van der Waals surface area contributed by atoms with Crippen LogP contribution in [0.5, 0.6) is 0 Å². The monoisotopic (exact) mass is 371 g/mol. The summed E-state index contributed by atoms with van der Waals surface area (Å²) in [6.07, 6.45) is 1.90. The molecule has 1 aromatic heterocycles. The second-order valence-electron chi connectivity index (χ2n) is 6.93. The van der Waals surface area contributed by atoms with E-state index in [-0.39, 0.29) is 6.04 Å². The van der Waals surface area contributed by atoms with Crippen molar-refractivity contribution in [2.75, 3.05) is 33.2 Å². The Morgan fingerprint density at radius 2 is 2.26 bits per heavy atom. The van der Waals surface area contributed by atoms with Crippen LogP contribution in [0.3, 0.4) is 0 Å². The van der Waals surface area contributed by atoms with Gasteiger partial charge in [-0.1, -0.05) is 12.1 Å². The number of nitrogens with one attached hydrogen (secondary N) is 2. The van der Waals surface area contributed by atoms with E-state index in [0.717, 1.165) is 43.5 Å². The lowest BCUT2D eigenvalue weighted by atomic mass is 10.1. The number of methoxy groups -OCH3 is 1. The van der Waals surface area contributed by atoms with Gasteiger partial charge in [0, 0.05) is 52.9 Å². The number of guanidine groups is 1. The molecule has 0 radical (unpaired) electrons. The van der Waals surface area contributed by atoms with Gasteiger partial charge < -0.3 is 20.3 Å². The second-order valence-corrected chi connectivity index (χ2v) is 6.93. The Hall–Kier alpha value is -2.61. The molecular weight excluding hydrogens is 342 g/mol. The molecule has 8 heteroatoms. The number of fused-ring (bicyclic) bond motifs is 1. The molecule has 2 heterocycles. The van der Waals surface area contributed by atoms with Gasteiger partial charge in [0.1, 0.15) is 12.4 Å². The Bertz CT molecular complexity index is 784. The van der Waals surface area contributed by atoms with Gasteiger partial charge in [-0.2, -0.15) is 5.10 Å². The second kappa shape index (κ2) is 8.85. The summed E-state index contributed by atoms with van der Waals surface area (Å²) in [5.41, 5.74) is 2.41. The van der Waals surface area contributed by atoms with Gasteiger partial charge in [0.2, 0.25) is 0 Å². The van der Waals surface area contributed by atoms with Crippen LogP contribution in [-0.4, -0.2) is 55.0 Å². The predicted molar refractivity (Wildman–Crippen MR) is 107 cm³/mol. The van der Waals surface area contributed by atoms with Crippen molar-refractivity contribution in [1.29, 1.82) is 0 Å². The number of anilines is 1. The van der Waals surface area contributed by atoms with Crippen molar-refractivity contribution in [2.45, 2.75) is 38.6 Å². The fraction of sp³-hybridized carbons (Fsp3) is 0.526. The molecule has 0 spiro atoms. The molecule has 0 fully saturated rings. The highest BCUT2D eigenvalue weighted by Crippen LogP contribution is 2.14. The third kappa shape index (κ3) is 4.97. The minimum Gasteiger partial charge on any atom is -0.378 e. The summed E-state index contributed by atoms with van der Waals surface area (Å²) in [5.74, 6) is 2.58. The quantitative estimate of drug-likeness (QED) is 0.586. The summed E-state index contributed by atoms with van der Waals surface area (Å²) in [4.78, 5) is 11.0. The largest absolute Gasteiger partial charge is 0.378 e. The first-order valence-electron chi connectivity index (χ1n) is 9.24. The van der Waals surface area contributed by atoms with Crippen molar-refractivity contribution in [1.82, 2.24) is 25.4 Å². The first-order valence-corrected chi connectivity index (χ1v) is 9.24. The first-order chi connectivity index (χ1) is 13.1. The third-order valence-corrected chi connectivity index (χ3v) is 4.63. The third-order valence-electron chi connectivity index (χ3n) is 4.63. The van der Waals surface area contributed by atoms with Crippen molar-refractivity contribution in [3.05, 3.63) is 41.5 Å². The molecule has 0 aliphatic carbocycles. The molecule has 1 atom stereocenters. The predicted octanol–water partition coefficient (Wildman–Crippen LogP) is 1.17. The van der Waals surface area contributed by atoms with Crippen LogP contribution in [0.4, 0.5) is 5.69 Å². The van der Waals surface area contributed by atoms with Gasteiger partial charge in [0.05, 0.1) is 6.54 Å². The highest BCUT2D eigenvalue weighted by molar-refractivity contribution is 5.80. The summed E-state index contributed by atoms with van der Waals surface area (Å²) in [6, 6.07) is 8.75. The van der Waals surface area contributed by atoms with Crippen molar-refractivity contribution in [3.63, 3.8) is 0 Å². The average Bonchev–Trinajstić information content (AvgIpc) is 3.07. The lowest BCUT2D eigenvalue weighted by Crippen LogP contribution is -2.46. The molecule has 1 aromatic carbocycles. The van der Waals surface area contributed by atoms with Crippen LogP contribution in [-0.2, 0) is 30.9 Å². The van der Waals surface area contributed by atoms with Gasteiger partial charge in [-0.3, -0.25) is 4.99 Å². The highest BCUT2D eigenvalue weighted by atomic mass is 16.5. The van der Waals surface area contributed by atoms with E-state index in [1.165, 1.54) is 11.3 Å². The number of aryl methyl sites for hydroxylation is 1. The standard InChI is InChI=1S/C19H29N7O/c1-20-19(21-11-14-6-5-7-16(10-14)25(2)3)22-15-8-9-18-23-17(13-27-4)24-26(18)12-15/h5-7,10,15H,8-9,11-13H2,1-4H3,(H2,20,21,22). The van der Waals surface area contributed by atoms with Crippen LogP contribution in [0.2, 0.25) is 0 Å². The number of benzene rings is 1. The minimum atomic E-state index is 0.272. The first kappa shape index (κ1) is 19.2. The topological polar surface area (TPSA) is 79.6 Å². The van der Waals surface area contributed by atoms with E-state index < -0.39 is 0 Å². The Balaban J connectivity index is 1.55. The zero-order chi connectivity index (χ0) is 19.2. The smallest absolute Gasteiger partial charge is 0.191 e. The SMILES string of the molecule is CN=C(NCc1cccc(N(C)C)c1)NC1CCc2nc(COC)nn2C1. The molecule has 1 aliphatic rings. The zero-order valence-corrected chi connectivity index (χ0v) is 16.6. The Labute approximate surface area is 160 Å². The Morgan fingerprint density at radius 3 is 3.00 bits per heavy atom. The lowest BCUT2D eigenvalue weighted by molar-refractivity contribution is 0.177. The van der Waals surface area contributed by atoms with Crippen LogP contribution in [0.1, 0.15) is 23.6 Å². The van der Waals surface area contributed by atoms with Crippen LogP contribution in [0, 0.1) is 0 Å². The van der Waals surface area contributed by atoms with E-state index in [2.05, 4.69) is 54.9 Å². The fourth-order valence-corrected chi connectivity index (χ4v) is 3.19. The number of hydrogen-bond donors (Lipinski definition) is 2. The molecule has 1 unspecified atom stereocenters. The number of hydrogen-bond acceptors (Lipinski definition) is 5. The van der Waals surface area contributed by atoms with Gasteiger partial charge >= 0.3 is 0 Å². The van der Waals surface area contributed by atoms with Crippen LogP contribution in [0.25, 0.3) is 0 Å². The molecule has 0 saturated carbocycles. The molecule has 2 N–H and O–H groups in total. The normalized spacial score (nSPS) is 16.7. The lowest BCUT2D eigenvalue weighted by Gasteiger charge is -2.25. The van der Waals surface area contributed by atoms with Gasteiger partial charge in [-0.05, 0) is 24.1 Å². The molecule has 3 rings (SSSR count). The summed E-state index contributed by atoms with van der Waals surface area (Å²) < 4.78 is 7.10. The maximum Gasteiger partial charge on any atom is 0.191 e. The van der Waals surface area contributed by atoms with Crippen LogP contribution < -0.4 is 15.5 Å². The van der Waals surface area contributed by atoms with E-state index in [4.69, 9.17) is 4.74 Å². The molecule has 27 heavy (non-hydrogen) atoms. The molecular formula is C19H29N7O. The fourth-order valence-electron chi connectivity index (χ4n) is 3.19. The van der Waals surface area contributed by atoms with E-state index in [1.54, 1.807) is 14.2 Å². The van der Waals surface area contributed by atoms with Crippen molar-refractivity contribution >= 4 is 11.6 Å². The van der Waals surface area contributed by atoms with Crippen LogP contribution >= 0.6 is 0 Å². The van der Waals surface area contributed by atoms with E-state index in [1.807, 2.05) is 18.8 Å². The number of ether oxygens (including phenoxy) is 1. The van der Waals surface area contributed by atoms with E-state index >= 15 is 0 Å². The number of aliphatic imine (C=N–C) groups is 1. The average molecular weight is 371 g/mol. The van der Waals surface area contributed by atoms with Gasteiger partial charge in [0.15, 0.2) is 11.8 Å². The molecule has 146 valence electrons. The van der Waals surface area contributed by atoms with Gasteiger partial charge in [0.25, 0.3) is 0 Å². The maximum absolute atomic E-state index is 5.13. The number of rotatable bonds is 6. The Kier molecular flexibility index (Phi) is 6.28. The zero-order valence-electron chi connectivity index (χ0n) is 16.6. The summed E-state index contributed by atoms with van der Waals surface area (Å²) >= 11 is 0. The Morgan fingerprint density at radius 1 is 1.41 bits per heavy atom. The van der Waals surface area contributed by atoms with Crippen LogP contribution in [0.15, 0.2) is 29.3 Å².